The number of hydrogen-bond acceptors (Lipinski definition) is 5. The van der Waals surface area contributed by atoms with Gasteiger partial charge in [-0.2, -0.15) is 0 Å². The van der Waals surface area contributed by atoms with E-state index in [9.17, 15) is 9.59 Å². The van der Waals surface area contributed by atoms with Crippen molar-refractivity contribution in [1.29, 1.82) is 0 Å². The van der Waals surface area contributed by atoms with Crippen molar-refractivity contribution in [3.63, 3.8) is 0 Å². The van der Waals surface area contributed by atoms with Crippen LogP contribution in [0.1, 0.15) is 32.9 Å². The first-order valence-electron chi connectivity index (χ1n) is 5.25. The molecule has 1 heterocycles. The molecule has 0 radical (unpaired) electrons. The van der Waals surface area contributed by atoms with Gasteiger partial charge in [-0.15, -0.1) is 11.3 Å². The molecule has 2 amide bonds. The molecule has 0 bridgehead atoms. The lowest BCUT2D eigenvalue weighted by atomic mass is 10.2. The maximum absolute atomic E-state index is 11.9. The normalized spacial score (nSPS) is 14.4. The van der Waals surface area contributed by atoms with E-state index in [-0.39, 0.29) is 23.2 Å². The van der Waals surface area contributed by atoms with Crippen LogP contribution in [0.2, 0.25) is 0 Å². The summed E-state index contributed by atoms with van der Waals surface area (Å²) in [6, 6.07) is 0.249. The highest BCUT2D eigenvalue weighted by atomic mass is 32.1. The summed E-state index contributed by atoms with van der Waals surface area (Å²) in [6.07, 6.45) is 2.00. The van der Waals surface area contributed by atoms with Gasteiger partial charge < -0.3 is 22.1 Å². The van der Waals surface area contributed by atoms with Crippen LogP contribution in [0, 0.1) is 0 Å². The van der Waals surface area contributed by atoms with Gasteiger partial charge >= 0.3 is 0 Å². The lowest BCUT2D eigenvalue weighted by molar-refractivity contribution is 0.0955. The molecule has 1 saturated carbocycles. The molecule has 1 aliphatic rings. The Morgan fingerprint density at radius 3 is 2.47 bits per heavy atom. The van der Waals surface area contributed by atoms with Crippen molar-refractivity contribution in [1.82, 2.24) is 5.32 Å². The predicted molar refractivity (Wildman–Crippen MR) is 67.3 cm³/mol. The highest BCUT2D eigenvalue weighted by molar-refractivity contribution is 7.19. The van der Waals surface area contributed by atoms with Gasteiger partial charge in [-0.3, -0.25) is 9.59 Å². The molecule has 2 rings (SSSR count). The van der Waals surface area contributed by atoms with Crippen molar-refractivity contribution in [3.05, 3.63) is 10.4 Å². The molecule has 17 heavy (non-hydrogen) atoms. The quantitative estimate of drug-likeness (QED) is 0.622. The summed E-state index contributed by atoms with van der Waals surface area (Å²) in [5.74, 6) is -0.868. The van der Waals surface area contributed by atoms with Gasteiger partial charge in [0.2, 0.25) is 0 Å². The van der Waals surface area contributed by atoms with Crippen molar-refractivity contribution >= 4 is 33.8 Å². The van der Waals surface area contributed by atoms with Crippen molar-refractivity contribution in [3.8, 4) is 0 Å². The second-order valence-electron chi connectivity index (χ2n) is 3.91. The lowest BCUT2D eigenvalue weighted by Crippen LogP contribution is -2.25. The molecule has 1 aliphatic carbocycles. The Morgan fingerprint density at radius 2 is 2.06 bits per heavy atom. The average molecular weight is 254 g/mol. The molecular weight excluding hydrogens is 240 g/mol. The number of carbonyl (C=O) groups is 2. The molecule has 0 saturated heterocycles. The van der Waals surface area contributed by atoms with Gasteiger partial charge in [0.15, 0.2) is 0 Å². The Labute approximate surface area is 102 Å². The van der Waals surface area contributed by atoms with Gasteiger partial charge in [0.05, 0.1) is 11.3 Å². The van der Waals surface area contributed by atoms with Gasteiger partial charge in [-0.25, -0.2) is 0 Å². The molecule has 7 heteroatoms. The first kappa shape index (κ1) is 11.7. The summed E-state index contributed by atoms with van der Waals surface area (Å²) in [7, 11) is 1.65. The van der Waals surface area contributed by atoms with E-state index in [2.05, 4.69) is 10.6 Å². The third-order valence-corrected chi connectivity index (χ3v) is 3.76. The Morgan fingerprint density at radius 1 is 1.41 bits per heavy atom. The van der Waals surface area contributed by atoms with Gasteiger partial charge in [-0.1, -0.05) is 0 Å². The van der Waals surface area contributed by atoms with E-state index in [1.807, 2.05) is 0 Å². The predicted octanol–water partition coefficient (Wildman–Crippen LogP) is 0.363. The maximum atomic E-state index is 11.9. The Bertz CT molecular complexity index is 479. The van der Waals surface area contributed by atoms with E-state index in [4.69, 9.17) is 11.5 Å². The van der Waals surface area contributed by atoms with Gasteiger partial charge in [0.25, 0.3) is 11.8 Å². The number of thiophene rings is 1. The fourth-order valence-corrected chi connectivity index (χ4v) is 2.49. The van der Waals surface area contributed by atoms with Crippen molar-refractivity contribution in [2.75, 3.05) is 18.1 Å². The van der Waals surface area contributed by atoms with Crippen LogP contribution in [-0.4, -0.2) is 24.9 Å². The fourth-order valence-electron chi connectivity index (χ4n) is 1.51. The largest absolute Gasteiger partial charge is 0.397 e. The number of amides is 2. The SMILES string of the molecule is CNc1sc(C(=O)NC2CC2)c(N)c1C(N)=O. The van der Waals surface area contributed by atoms with Crippen LogP contribution >= 0.6 is 11.3 Å². The van der Waals surface area contributed by atoms with Crippen molar-refractivity contribution in [2.24, 2.45) is 5.73 Å². The number of nitrogens with two attached hydrogens (primary N) is 2. The monoisotopic (exact) mass is 254 g/mol. The smallest absolute Gasteiger partial charge is 0.263 e. The number of carbonyl (C=O) groups excluding carboxylic acids is 2. The third kappa shape index (κ3) is 2.19. The van der Waals surface area contributed by atoms with Crippen molar-refractivity contribution < 1.29 is 9.59 Å². The highest BCUT2D eigenvalue weighted by Gasteiger charge is 2.28. The number of nitrogens with one attached hydrogen (secondary N) is 2. The van der Waals surface area contributed by atoms with E-state index in [1.165, 1.54) is 0 Å². The van der Waals surface area contributed by atoms with Gasteiger partial charge in [0, 0.05) is 13.1 Å². The molecular formula is C10H14N4O2S. The van der Waals surface area contributed by atoms with Crippen LogP contribution in [0.25, 0.3) is 0 Å². The van der Waals surface area contributed by atoms with Crippen LogP contribution in [0.4, 0.5) is 10.7 Å². The van der Waals surface area contributed by atoms with Crippen LogP contribution in [-0.2, 0) is 0 Å². The summed E-state index contributed by atoms with van der Waals surface area (Å²) >= 11 is 1.14. The summed E-state index contributed by atoms with van der Waals surface area (Å²) in [4.78, 5) is 23.5. The van der Waals surface area contributed by atoms with E-state index in [0.717, 1.165) is 24.2 Å². The van der Waals surface area contributed by atoms with Gasteiger partial charge in [-0.05, 0) is 12.8 Å². The molecule has 1 aromatic heterocycles. The zero-order chi connectivity index (χ0) is 12.6. The molecule has 6 nitrogen and oxygen atoms in total. The van der Waals surface area contributed by atoms with E-state index >= 15 is 0 Å². The van der Waals surface area contributed by atoms with Crippen LogP contribution in [0.5, 0.6) is 0 Å². The number of anilines is 2. The number of hydrogen-bond donors (Lipinski definition) is 4. The summed E-state index contributed by atoms with van der Waals surface area (Å²) in [5.41, 5.74) is 11.4. The minimum Gasteiger partial charge on any atom is -0.397 e. The Kier molecular flexibility index (Phi) is 2.93. The van der Waals surface area contributed by atoms with Crippen LogP contribution < -0.4 is 22.1 Å². The molecule has 0 aliphatic heterocycles. The second kappa shape index (κ2) is 4.25. The van der Waals surface area contributed by atoms with Crippen LogP contribution in [0.3, 0.4) is 0 Å². The zero-order valence-electron chi connectivity index (χ0n) is 9.37. The zero-order valence-corrected chi connectivity index (χ0v) is 10.2. The minimum absolute atomic E-state index is 0.157. The summed E-state index contributed by atoms with van der Waals surface area (Å²) in [5, 5.41) is 6.17. The Balaban J connectivity index is 2.33. The third-order valence-electron chi connectivity index (χ3n) is 2.54. The van der Waals surface area contributed by atoms with Gasteiger partial charge in [0.1, 0.15) is 9.88 Å². The van der Waals surface area contributed by atoms with E-state index < -0.39 is 5.91 Å². The highest BCUT2D eigenvalue weighted by Crippen LogP contribution is 2.35. The van der Waals surface area contributed by atoms with E-state index in [1.54, 1.807) is 7.05 Å². The minimum atomic E-state index is -0.631. The molecule has 1 fully saturated rings. The molecule has 1 aromatic rings. The maximum Gasteiger partial charge on any atom is 0.263 e. The fraction of sp³-hybridized carbons (Fsp3) is 0.400. The van der Waals surface area contributed by atoms with E-state index in [0.29, 0.717) is 9.88 Å². The molecule has 0 atom stereocenters. The summed E-state index contributed by atoms with van der Waals surface area (Å²) in [6.45, 7) is 0. The molecule has 92 valence electrons. The first-order valence-corrected chi connectivity index (χ1v) is 6.07. The first-order chi connectivity index (χ1) is 8.04. The average Bonchev–Trinajstić information content (AvgIpc) is 2.99. The summed E-state index contributed by atoms with van der Waals surface area (Å²) < 4.78 is 0. The number of rotatable bonds is 4. The number of nitrogen functional groups attached to an aromatic ring is 1. The molecule has 0 aromatic carbocycles. The van der Waals surface area contributed by atoms with Crippen LogP contribution in [0.15, 0.2) is 0 Å². The Hall–Kier alpha value is -1.76. The lowest BCUT2D eigenvalue weighted by Gasteiger charge is -2.01. The molecule has 6 N–H and O–H groups in total. The molecule has 0 unspecified atom stereocenters. The molecule has 0 spiro atoms. The second-order valence-corrected chi connectivity index (χ2v) is 4.93. The van der Waals surface area contributed by atoms with Crippen molar-refractivity contribution in [2.45, 2.75) is 18.9 Å². The number of primary amides is 1. The topological polar surface area (TPSA) is 110 Å². The standard InChI is InChI=1S/C10H14N4O2S/c1-13-10-5(8(12)15)6(11)7(17-10)9(16)14-4-2-3-4/h4,13H,2-3,11H2,1H3,(H2,12,15)(H,14,16).